The Balaban J connectivity index is 1.63. The minimum absolute atomic E-state index is 0.0535. The Bertz CT molecular complexity index is 1160. The average Bonchev–Trinajstić information content (AvgIpc) is 3.17. The number of para-hydroxylation sites is 1. The quantitative estimate of drug-likeness (QED) is 0.576. The fourth-order valence-corrected chi connectivity index (χ4v) is 5.73. The summed E-state index contributed by atoms with van der Waals surface area (Å²) in [4.78, 5) is 24.0. The van der Waals surface area contributed by atoms with Gasteiger partial charge in [-0.2, -0.15) is 0 Å². The highest BCUT2D eigenvalue weighted by atomic mass is 35.5. The monoisotopic (exact) mass is 464 g/mol. The van der Waals surface area contributed by atoms with Gasteiger partial charge in [0.1, 0.15) is 5.52 Å². The number of fused-ring (bicyclic) bond motifs is 1. The Hall–Kier alpha value is -2.07. The number of amides is 1. The summed E-state index contributed by atoms with van der Waals surface area (Å²) in [6.45, 7) is 1.04. The number of benzene rings is 1. The molecule has 0 radical (unpaired) electrons. The van der Waals surface area contributed by atoms with Crippen molar-refractivity contribution in [1.29, 1.82) is 0 Å². The van der Waals surface area contributed by atoms with Gasteiger partial charge in [-0.3, -0.25) is 14.7 Å². The average molecular weight is 465 g/mol. The molecule has 1 fully saturated rings. The van der Waals surface area contributed by atoms with Crippen molar-refractivity contribution in [1.82, 2.24) is 14.3 Å². The van der Waals surface area contributed by atoms with Crippen LogP contribution in [-0.4, -0.2) is 47.9 Å². The lowest BCUT2D eigenvalue weighted by Gasteiger charge is -2.32. The van der Waals surface area contributed by atoms with Crippen LogP contribution >= 0.6 is 22.9 Å². The molecule has 0 atom stereocenters. The lowest BCUT2D eigenvalue weighted by Crippen LogP contribution is -2.44. The fourth-order valence-electron chi connectivity index (χ4n) is 3.59. The van der Waals surface area contributed by atoms with Crippen LogP contribution in [0.1, 0.15) is 18.4 Å². The molecule has 0 unspecified atom stereocenters. The van der Waals surface area contributed by atoms with E-state index in [0.717, 1.165) is 10.3 Å². The minimum Gasteiger partial charge on any atom is -0.283 e. The van der Waals surface area contributed by atoms with E-state index >= 15 is 0 Å². The van der Waals surface area contributed by atoms with Gasteiger partial charge in [0, 0.05) is 31.4 Å². The number of aromatic nitrogens is 2. The molecule has 4 rings (SSSR count). The smallest absolute Gasteiger partial charge is 0.232 e. The molecule has 1 amide bonds. The maximum atomic E-state index is 13.5. The molecule has 158 valence electrons. The predicted molar refractivity (Wildman–Crippen MR) is 119 cm³/mol. The van der Waals surface area contributed by atoms with Crippen molar-refractivity contribution in [2.75, 3.05) is 24.2 Å². The molecule has 30 heavy (non-hydrogen) atoms. The Morgan fingerprint density at radius 1 is 1.27 bits per heavy atom. The summed E-state index contributed by atoms with van der Waals surface area (Å²) in [5.74, 6) is -0.315. The Labute approximate surface area is 184 Å². The first kappa shape index (κ1) is 21.2. The van der Waals surface area contributed by atoms with E-state index in [4.69, 9.17) is 11.6 Å². The van der Waals surface area contributed by atoms with Gasteiger partial charge in [-0.05, 0) is 36.6 Å². The number of anilines is 1. The highest BCUT2D eigenvalue weighted by Gasteiger charge is 2.33. The summed E-state index contributed by atoms with van der Waals surface area (Å²) in [5, 5.41) is 1.13. The minimum atomic E-state index is -3.24. The third kappa shape index (κ3) is 4.49. The van der Waals surface area contributed by atoms with Crippen LogP contribution in [0.15, 0.2) is 42.7 Å². The second kappa shape index (κ2) is 8.58. The van der Waals surface area contributed by atoms with Gasteiger partial charge in [0.15, 0.2) is 5.13 Å². The molecule has 2 aromatic heterocycles. The molecule has 0 spiro atoms. The van der Waals surface area contributed by atoms with E-state index in [1.54, 1.807) is 23.4 Å². The highest BCUT2D eigenvalue weighted by Crippen LogP contribution is 2.35. The normalized spacial score (nSPS) is 16.1. The number of hydrogen-bond donors (Lipinski definition) is 0. The predicted octanol–water partition coefficient (Wildman–Crippen LogP) is 3.55. The van der Waals surface area contributed by atoms with E-state index in [-0.39, 0.29) is 11.8 Å². The van der Waals surface area contributed by atoms with Gasteiger partial charge in [-0.1, -0.05) is 35.1 Å². The largest absolute Gasteiger partial charge is 0.283 e. The van der Waals surface area contributed by atoms with Crippen molar-refractivity contribution < 1.29 is 13.2 Å². The van der Waals surface area contributed by atoms with Crippen LogP contribution in [-0.2, 0) is 21.4 Å². The fraction of sp³-hybridized carbons (Fsp3) is 0.350. The van der Waals surface area contributed by atoms with E-state index in [1.165, 1.54) is 21.9 Å². The summed E-state index contributed by atoms with van der Waals surface area (Å²) < 4.78 is 25.9. The van der Waals surface area contributed by atoms with Crippen molar-refractivity contribution in [2.45, 2.75) is 19.4 Å². The number of nitrogens with zero attached hydrogens (tertiary/aromatic N) is 4. The molecule has 1 aliphatic rings. The number of pyridine rings is 1. The van der Waals surface area contributed by atoms with Crippen LogP contribution in [0.5, 0.6) is 0 Å². The van der Waals surface area contributed by atoms with E-state index in [0.29, 0.717) is 48.1 Å². The Kier molecular flexibility index (Phi) is 6.06. The first-order chi connectivity index (χ1) is 14.3. The molecule has 3 heterocycles. The third-order valence-corrected chi connectivity index (χ3v) is 7.84. The highest BCUT2D eigenvalue weighted by molar-refractivity contribution is 7.88. The van der Waals surface area contributed by atoms with Crippen molar-refractivity contribution in [2.24, 2.45) is 5.92 Å². The lowest BCUT2D eigenvalue weighted by molar-refractivity contribution is -0.123. The first-order valence-corrected chi connectivity index (χ1v) is 12.6. The van der Waals surface area contributed by atoms with Crippen LogP contribution in [0.3, 0.4) is 0 Å². The number of carbonyl (C=O) groups excluding carboxylic acids is 1. The van der Waals surface area contributed by atoms with Crippen LogP contribution in [0.4, 0.5) is 5.13 Å². The number of piperidine rings is 1. The van der Waals surface area contributed by atoms with Crippen molar-refractivity contribution >= 4 is 54.2 Å². The summed E-state index contributed by atoms with van der Waals surface area (Å²) in [7, 11) is -3.24. The van der Waals surface area contributed by atoms with Gasteiger partial charge in [0.05, 0.1) is 22.5 Å². The zero-order valence-corrected chi connectivity index (χ0v) is 18.8. The molecule has 1 aliphatic heterocycles. The molecule has 1 aromatic carbocycles. The maximum Gasteiger partial charge on any atom is 0.232 e. The van der Waals surface area contributed by atoms with Crippen molar-refractivity contribution in [3.8, 4) is 0 Å². The van der Waals surface area contributed by atoms with Crippen molar-refractivity contribution in [3.05, 3.63) is 53.3 Å². The molecule has 10 heteroatoms. The molecular weight excluding hydrogens is 444 g/mol. The molecule has 1 saturated heterocycles. The molecule has 0 bridgehead atoms. The molecule has 0 aliphatic carbocycles. The SMILES string of the molecule is CS(=O)(=O)N1CCC(C(=O)N(Cc2cccnc2)c2nc3c(Cl)cccc3s2)CC1. The van der Waals surface area contributed by atoms with Gasteiger partial charge >= 0.3 is 0 Å². The van der Waals surface area contributed by atoms with Crippen LogP contribution in [0.2, 0.25) is 5.02 Å². The molecule has 0 N–H and O–H groups in total. The van der Waals surface area contributed by atoms with Crippen LogP contribution in [0, 0.1) is 5.92 Å². The van der Waals surface area contributed by atoms with E-state index in [1.807, 2.05) is 24.3 Å². The molecule has 7 nitrogen and oxygen atoms in total. The molecular formula is C20H21ClN4O3S2. The van der Waals surface area contributed by atoms with Crippen LogP contribution in [0.25, 0.3) is 10.2 Å². The third-order valence-electron chi connectivity index (χ3n) is 5.19. The lowest BCUT2D eigenvalue weighted by atomic mass is 9.96. The Morgan fingerprint density at radius 2 is 2.03 bits per heavy atom. The number of sulfonamides is 1. The van der Waals surface area contributed by atoms with Gasteiger partial charge < -0.3 is 0 Å². The second-order valence-corrected chi connectivity index (χ2v) is 10.7. The topological polar surface area (TPSA) is 83.5 Å². The summed E-state index contributed by atoms with van der Waals surface area (Å²) in [6.07, 6.45) is 5.60. The zero-order valence-electron chi connectivity index (χ0n) is 16.4. The van der Waals surface area contributed by atoms with Gasteiger partial charge in [0.2, 0.25) is 15.9 Å². The number of thiazole rings is 1. The Morgan fingerprint density at radius 3 is 2.67 bits per heavy atom. The standard InChI is InChI=1S/C20H21ClN4O3S2/c1-30(27,28)24-10-7-15(8-11-24)19(26)25(13-14-4-3-9-22-12-14)20-23-18-16(21)5-2-6-17(18)29-20/h2-6,9,12,15H,7-8,10-11,13H2,1H3. The first-order valence-electron chi connectivity index (χ1n) is 9.53. The zero-order chi connectivity index (χ0) is 21.3. The summed E-state index contributed by atoms with van der Waals surface area (Å²) in [5.41, 5.74) is 1.57. The number of rotatable bonds is 5. The van der Waals surface area contributed by atoms with Gasteiger partial charge in [-0.15, -0.1) is 0 Å². The number of halogens is 1. The molecule has 0 saturated carbocycles. The second-order valence-electron chi connectivity index (χ2n) is 7.30. The van der Waals surface area contributed by atoms with Crippen molar-refractivity contribution in [3.63, 3.8) is 0 Å². The van der Waals surface area contributed by atoms with Gasteiger partial charge in [-0.25, -0.2) is 17.7 Å². The number of carbonyl (C=O) groups is 1. The van der Waals surface area contributed by atoms with E-state index < -0.39 is 10.0 Å². The van der Waals surface area contributed by atoms with Crippen LogP contribution < -0.4 is 4.90 Å². The summed E-state index contributed by atoms with van der Waals surface area (Å²) >= 11 is 7.71. The molecule has 3 aromatic rings. The summed E-state index contributed by atoms with van der Waals surface area (Å²) in [6, 6.07) is 9.32. The van der Waals surface area contributed by atoms with Gasteiger partial charge in [0.25, 0.3) is 0 Å². The van der Waals surface area contributed by atoms with E-state index in [2.05, 4.69) is 9.97 Å². The maximum absolute atomic E-state index is 13.5. The van der Waals surface area contributed by atoms with E-state index in [9.17, 15) is 13.2 Å². The number of hydrogen-bond acceptors (Lipinski definition) is 6.